The van der Waals surface area contributed by atoms with Crippen molar-refractivity contribution >= 4 is 11.5 Å². The molecule has 1 aliphatic heterocycles. The van der Waals surface area contributed by atoms with Crippen molar-refractivity contribution in [2.24, 2.45) is 0 Å². The highest BCUT2D eigenvalue weighted by Crippen LogP contribution is 2.31. The van der Waals surface area contributed by atoms with E-state index < -0.39 is 0 Å². The summed E-state index contributed by atoms with van der Waals surface area (Å²) >= 11 is 0. The Morgan fingerprint density at radius 3 is 2.80 bits per heavy atom. The molecule has 1 aromatic heterocycles. The van der Waals surface area contributed by atoms with Gasteiger partial charge in [0.2, 0.25) is 0 Å². The van der Waals surface area contributed by atoms with Crippen LogP contribution in [-0.4, -0.2) is 31.2 Å². The molecule has 0 spiro atoms. The molecule has 0 aromatic carbocycles. The predicted molar refractivity (Wildman–Crippen MR) is 109 cm³/mol. The predicted octanol–water partition coefficient (Wildman–Crippen LogP) is 4.40. The van der Waals surface area contributed by atoms with Gasteiger partial charge in [-0.05, 0) is 52.2 Å². The number of aromatic nitrogens is 1. The molecule has 1 atom stereocenters. The van der Waals surface area contributed by atoms with Crippen molar-refractivity contribution in [3.63, 3.8) is 0 Å². The monoisotopic (exact) mass is 340 g/mol. The van der Waals surface area contributed by atoms with Gasteiger partial charge in [-0.15, -0.1) is 0 Å². The fourth-order valence-electron chi connectivity index (χ4n) is 3.01. The molecule has 1 aliphatic rings. The fourth-order valence-corrected chi connectivity index (χ4v) is 3.01. The normalized spacial score (nSPS) is 16.6. The van der Waals surface area contributed by atoms with E-state index in [2.05, 4.69) is 67.4 Å². The lowest BCUT2D eigenvalue weighted by atomic mass is 10.1. The number of rotatable bonds is 6. The Hall–Kier alpha value is -2.23. The maximum atomic E-state index is 4.82. The minimum absolute atomic E-state index is 0.304. The van der Waals surface area contributed by atoms with Gasteiger partial charge in [0.05, 0.1) is 11.5 Å². The number of nitrogens with one attached hydrogen (secondary N) is 1. The van der Waals surface area contributed by atoms with E-state index in [0.717, 1.165) is 43.3 Å². The van der Waals surface area contributed by atoms with Crippen LogP contribution in [0.2, 0.25) is 0 Å². The Labute approximate surface area is 152 Å². The summed E-state index contributed by atoms with van der Waals surface area (Å²) in [4.78, 5) is 9.35. The average Bonchev–Trinajstić information content (AvgIpc) is 2.57. The van der Waals surface area contributed by atoms with Gasteiger partial charge in [-0.1, -0.05) is 30.9 Å². The first-order valence-corrected chi connectivity index (χ1v) is 9.13. The zero-order chi connectivity index (χ0) is 18.4. The minimum Gasteiger partial charge on any atom is -0.372 e. The first kappa shape index (κ1) is 19.1. The molecular weight excluding hydrogens is 308 g/mol. The van der Waals surface area contributed by atoms with Crippen molar-refractivity contribution in [2.75, 3.05) is 29.9 Å². The highest BCUT2D eigenvalue weighted by atomic mass is 15.3. The molecule has 0 radical (unpaired) electrons. The summed E-state index contributed by atoms with van der Waals surface area (Å²) in [6, 6.07) is 4.55. The summed E-state index contributed by atoms with van der Waals surface area (Å²) in [6.45, 7) is 16.4. The van der Waals surface area contributed by atoms with Crippen LogP contribution in [0, 0.1) is 6.92 Å². The van der Waals surface area contributed by atoms with Crippen molar-refractivity contribution in [1.29, 1.82) is 0 Å². The Kier molecular flexibility index (Phi) is 6.68. The smallest absolute Gasteiger partial charge is 0.157 e. The van der Waals surface area contributed by atoms with E-state index in [4.69, 9.17) is 4.98 Å². The van der Waals surface area contributed by atoms with Crippen LogP contribution in [0.1, 0.15) is 38.8 Å². The van der Waals surface area contributed by atoms with E-state index in [0.29, 0.717) is 6.04 Å². The largest absolute Gasteiger partial charge is 0.372 e. The van der Waals surface area contributed by atoms with Crippen LogP contribution >= 0.6 is 0 Å². The Morgan fingerprint density at radius 2 is 2.08 bits per heavy atom. The van der Waals surface area contributed by atoms with Gasteiger partial charge in [-0.25, -0.2) is 4.98 Å². The van der Waals surface area contributed by atoms with Crippen LogP contribution in [0.15, 0.2) is 48.8 Å². The molecule has 0 saturated carbocycles. The van der Waals surface area contributed by atoms with Gasteiger partial charge in [-0.3, -0.25) is 0 Å². The summed E-state index contributed by atoms with van der Waals surface area (Å²) in [5.74, 6) is 1.93. The van der Waals surface area contributed by atoms with E-state index in [1.54, 1.807) is 0 Å². The molecule has 1 unspecified atom stereocenters. The molecule has 4 heteroatoms. The van der Waals surface area contributed by atoms with Crippen LogP contribution < -0.4 is 15.1 Å². The fraction of sp³-hybridized carbons (Fsp3) is 0.476. The lowest BCUT2D eigenvalue weighted by Gasteiger charge is -2.34. The maximum Gasteiger partial charge on any atom is 0.157 e. The standard InChI is InChI=1S/C21H32N4/c1-7-16(2)10-11-17(3)22-19(5)25-15-9-8-14-24(6)20-13-12-18(4)23-21(20)25/h7,10,12-13,17,22H,1,5,8-9,11,14-15H2,2-4,6H3/b16-10-. The van der Waals surface area contributed by atoms with Crippen LogP contribution in [0.5, 0.6) is 0 Å². The van der Waals surface area contributed by atoms with Crippen LogP contribution in [0.3, 0.4) is 0 Å². The van der Waals surface area contributed by atoms with Gasteiger partial charge < -0.3 is 15.1 Å². The van der Waals surface area contributed by atoms with Crippen molar-refractivity contribution in [2.45, 2.75) is 46.1 Å². The molecule has 4 nitrogen and oxygen atoms in total. The molecule has 0 bridgehead atoms. The van der Waals surface area contributed by atoms with E-state index in [9.17, 15) is 0 Å². The number of pyridine rings is 1. The number of anilines is 2. The summed E-state index contributed by atoms with van der Waals surface area (Å²) in [6.07, 6.45) is 7.33. The topological polar surface area (TPSA) is 31.4 Å². The molecule has 1 aromatic rings. The summed E-state index contributed by atoms with van der Waals surface area (Å²) in [5, 5.41) is 3.55. The van der Waals surface area contributed by atoms with Gasteiger partial charge in [0.15, 0.2) is 5.82 Å². The SMILES string of the molecule is C=C/C(C)=C\CC(C)NC(=C)N1CCCCN(C)c2ccc(C)nc21. The first-order valence-electron chi connectivity index (χ1n) is 9.13. The van der Waals surface area contributed by atoms with Crippen LogP contribution in [0.4, 0.5) is 11.5 Å². The van der Waals surface area contributed by atoms with E-state index in [1.165, 1.54) is 17.7 Å². The van der Waals surface area contributed by atoms with Crippen LogP contribution in [0.25, 0.3) is 0 Å². The van der Waals surface area contributed by atoms with Gasteiger partial charge in [0, 0.05) is 31.9 Å². The third-order valence-corrected chi connectivity index (χ3v) is 4.64. The molecular formula is C21H32N4. The molecule has 1 N–H and O–H groups in total. The van der Waals surface area contributed by atoms with E-state index in [-0.39, 0.29) is 0 Å². The Balaban J connectivity index is 2.19. The second-order valence-corrected chi connectivity index (χ2v) is 6.96. The summed E-state index contributed by atoms with van der Waals surface area (Å²) < 4.78 is 0. The van der Waals surface area contributed by atoms with E-state index in [1.807, 2.05) is 13.0 Å². The van der Waals surface area contributed by atoms with Crippen molar-refractivity contribution in [3.8, 4) is 0 Å². The third kappa shape index (κ3) is 5.12. The van der Waals surface area contributed by atoms with Gasteiger partial charge in [-0.2, -0.15) is 0 Å². The number of aryl methyl sites for hydroxylation is 1. The third-order valence-electron chi connectivity index (χ3n) is 4.64. The molecule has 2 rings (SSSR count). The van der Waals surface area contributed by atoms with Gasteiger partial charge in [0.25, 0.3) is 0 Å². The minimum atomic E-state index is 0.304. The van der Waals surface area contributed by atoms with Crippen molar-refractivity contribution in [1.82, 2.24) is 10.3 Å². The number of hydrogen-bond donors (Lipinski definition) is 1. The second-order valence-electron chi connectivity index (χ2n) is 6.96. The van der Waals surface area contributed by atoms with Gasteiger partial charge >= 0.3 is 0 Å². The van der Waals surface area contributed by atoms with Crippen LogP contribution in [-0.2, 0) is 0 Å². The lowest BCUT2D eigenvalue weighted by Crippen LogP contribution is -2.39. The quantitative estimate of drug-likeness (QED) is 0.778. The molecule has 2 heterocycles. The molecule has 25 heavy (non-hydrogen) atoms. The van der Waals surface area contributed by atoms with Crippen molar-refractivity contribution < 1.29 is 0 Å². The molecule has 0 fully saturated rings. The molecule has 0 saturated heterocycles. The molecule has 0 amide bonds. The van der Waals surface area contributed by atoms with E-state index >= 15 is 0 Å². The lowest BCUT2D eigenvalue weighted by molar-refractivity contribution is 0.587. The summed E-state index contributed by atoms with van der Waals surface area (Å²) in [5.41, 5.74) is 3.40. The Bertz CT molecular complexity index is 647. The highest BCUT2D eigenvalue weighted by molar-refractivity contribution is 5.69. The zero-order valence-electron chi connectivity index (χ0n) is 16.2. The number of hydrogen-bond acceptors (Lipinski definition) is 4. The highest BCUT2D eigenvalue weighted by Gasteiger charge is 2.21. The number of fused-ring (bicyclic) bond motifs is 1. The van der Waals surface area contributed by atoms with Crippen molar-refractivity contribution in [3.05, 3.63) is 54.5 Å². The Morgan fingerprint density at radius 1 is 1.36 bits per heavy atom. The maximum absolute atomic E-state index is 4.82. The average molecular weight is 341 g/mol. The summed E-state index contributed by atoms with van der Waals surface area (Å²) in [7, 11) is 2.14. The first-order chi connectivity index (χ1) is 11.9. The number of nitrogens with zero attached hydrogens (tertiary/aromatic N) is 3. The second kappa shape index (κ2) is 8.75. The zero-order valence-corrected chi connectivity index (χ0v) is 16.2. The number of allylic oxidation sites excluding steroid dienone is 2. The molecule has 136 valence electrons. The van der Waals surface area contributed by atoms with Gasteiger partial charge in [0.1, 0.15) is 0 Å². The molecule has 0 aliphatic carbocycles.